The summed E-state index contributed by atoms with van der Waals surface area (Å²) in [6, 6.07) is 7.31. The minimum atomic E-state index is -0.193. The number of fused-ring (bicyclic) bond motifs is 2. The number of nitrogens with zero attached hydrogens (tertiary/aromatic N) is 2. The quantitative estimate of drug-likeness (QED) is 0.487. The van der Waals surface area contributed by atoms with Crippen molar-refractivity contribution in [3.8, 4) is 0 Å². The van der Waals surface area contributed by atoms with E-state index in [0.29, 0.717) is 36.1 Å². The van der Waals surface area contributed by atoms with E-state index in [2.05, 4.69) is 41.0 Å². The van der Waals surface area contributed by atoms with Gasteiger partial charge in [0.2, 0.25) is 0 Å². The molecular weight excluding hydrogens is 366 g/mol. The first-order valence-corrected chi connectivity index (χ1v) is 9.73. The topological polar surface area (TPSA) is 95.6 Å². The minimum absolute atomic E-state index is 0.0914. The molecule has 7 nitrogen and oxygen atoms in total. The van der Waals surface area contributed by atoms with Crippen molar-refractivity contribution < 1.29 is 4.79 Å². The molecule has 0 fully saturated rings. The number of imidazole rings is 1. The van der Waals surface area contributed by atoms with Crippen LogP contribution in [0, 0.1) is 5.41 Å². The average molecular weight is 391 g/mol. The van der Waals surface area contributed by atoms with Crippen LogP contribution >= 0.6 is 0 Å². The molecule has 29 heavy (non-hydrogen) atoms. The molecule has 0 aliphatic carbocycles. The number of hydrogen-bond donors (Lipinski definition) is 3. The third-order valence-corrected chi connectivity index (χ3v) is 4.92. The van der Waals surface area contributed by atoms with E-state index in [1.807, 2.05) is 24.5 Å². The normalized spacial score (nSPS) is 12.0. The maximum absolute atomic E-state index is 12.9. The Morgan fingerprint density at radius 3 is 2.83 bits per heavy atom. The molecule has 0 atom stereocenters. The molecule has 0 aliphatic heterocycles. The molecule has 150 valence electrons. The number of carbonyl (C=O) groups excluding carboxylic acids is 1. The Balaban J connectivity index is 1.56. The fourth-order valence-electron chi connectivity index (χ4n) is 3.66. The highest BCUT2D eigenvalue weighted by molar-refractivity contribution is 6.05. The number of para-hydroxylation sites is 1. The maximum Gasteiger partial charge on any atom is 0.326 e. The zero-order valence-electron chi connectivity index (χ0n) is 16.9. The molecular formula is C22H25N5O2. The SMILES string of the molecule is CC(C)(C)Cn1c(=O)[nH]c2cccc(C(=O)NCCc3c[nH]c4ccncc34)c21. The van der Waals surface area contributed by atoms with E-state index in [1.165, 1.54) is 0 Å². The lowest BCUT2D eigenvalue weighted by molar-refractivity contribution is 0.0955. The van der Waals surface area contributed by atoms with Gasteiger partial charge in [0.05, 0.1) is 16.6 Å². The Morgan fingerprint density at radius 2 is 2.03 bits per heavy atom. The van der Waals surface area contributed by atoms with Gasteiger partial charge in [0.1, 0.15) is 0 Å². The molecule has 3 N–H and O–H groups in total. The van der Waals surface area contributed by atoms with Gasteiger partial charge in [-0.05, 0) is 35.6 Å². The van der Waals surface area contributed by atoms with Crippen LogP contribution in [-0.4, -0.2) is 32.0 Å². The van der Waals surface area contributed by atoms with Crippen LogP contribution in [0.1, 0.15) is 36.7 Å². The second kappa shape index (κ2) is 7.24. The van der Waals surface area contributed by atoms with Crippen LogP contribution in [0.3, 0.4) is 0 Å². The molecule has 1 amide bonds. The minimum Gasteiger partial charge on any atom is -0.361 e. The van der Waals surface area contributed by atoms with Crippen LogP contribution in [-0.2, 0) is 13.0 Å². The van der Waals surface area contributed by atoms with Crippen molar-refractivity contribution in [1.29, 1.82) is 0 Å². The van der Waals surface area contributed by atoms with Crippen molar-refractivity contribution in [2.75, 3.05) is 6.54 Å². The van der Waals surface area contributed by atoms with Crippen LogP contribution in [0.5, 0.6) is 0 Å². The van der Waals surface area contributed by atoms with Gasteiger partial charge in [-0.15, -0.1) is 0 Å². The lowest BCUT2D eigenvalue weighted by Gasteiger charge is -2.19. The van der Waals surface area contributed by atoms with Crippen molar-refractivity contribution in [2.24, 2.45) is 5.41 Å². The molecule has 0 saturated carbocycles. The summed E-state index contributed by atoms with van der Waals surface area (Å²) in [7, 11) is 0. The van der Waals surface area contributed by atoms with Gasteiger partial charge >= 0.3 is 5.69 Å². The molecule has 0 bridgehead atoms. The first-order chi connectivity index (χ1) is 13.8. The van der Waals surface area contributed by atoms with Crippen LogP contribution in [0.2, 0.25) is 0 Å². The fourth-order valence-corrected chi connectivity index (χ4v) is 3.66. The van der Waals surface area contributed by atoms with Gasteiger partial charge in [0, 0.05) is 42.6 Å². The standard InChI is InChI=1S/C22H25N5O2/c1-22(2,3)13-27-19-15(5-4-6-18(19)26-21(27)29)20(28)24-10-7-14-11-25-17-8-9-23-12-16(14)17/h4-6,8-9,11-12,25H,7,10,13H2,1-3H3,(H,24,28)(H,26,29). The zero-order chi connectivity index (χ0) is 20.6. The van der Waals surface area contributed by atoms with Gasteiger partial charge in [-0.2, -0.15) is 0 Å². The molecule has 7 heteroatoms. The summed E-state index contributed by atoms with van der Waals surface area (Å²) in [5, 5.41) is 4.05. The lowest BCUT2D eigenvalue weighted by Crippen LogP contribution is -2.28. The van der Waals surface area contributed by atoms with Gasteiger partial charge in [-0.1, -0.05) is 26.8 Å². The predicted octanol–water partition coefficient (Wildman–Crippen LogP) is 3.22. The summed E-state index contributed by atoms with van der Waals surface area (Å²) in [5.41, 5.74) is 3.69. The average Bonchev–Trinajstić information content (AvgIpc) is 3.22. The number of rotatable bonds is 5. The highest BCUT2D eigenvalue weighted by atomic mass is 16.2. The number of nitrogens with one attached hydrogen (secondary N) is 3. The summed E-state index contributed by atoms with van der Waals surface area (Å²) in [4.78, 5) is 35.6. The van der Waals surface area contributed by atoms with Crippen LogP contribution in [0.15, 0.2) is 47.7 Å². The molecule has 4 rings (SSSR count). The van der Waals surface area contributed by atoms with E-state index in [9.17, 15) is 9.59 Å². The van der Waals surface area contributed by atoms with Crippen LogP contribution in [0.25, 0.3) is 21.9 Å². The number of hydrogen-bond acceptors (Lipinski definition) is 3. The molecule has 3 heterocycles. The number of amides is 1. The van der Waals surface area contributed by atoms with Gasteiger partial charge in [0.15, 0.2) is 0 Å². The number of H-pyrrole nitrogens is 2. The zero-order valence-corrected chi connectivity index (χ0v) is 16.9. The summed E-state index contributed by atoms with van der Waals surface area (Å²) in [6.45, 7) is 7.22. The van der Waals surface area contributed by atoms with Gasteiger partial charge in [-0.3, -0.25) is 14.3 Å². The van der Waals surface area contributed by atoms with E-state index in [1.54, 1.807) is 22.9 Å². The van der Waals surface area contributed by atoms with E-state index in [0.717, 1.165) is 16.5 Å². The Morgan fingerprint density at radius 1 is 1.21 bits per heavy atom. The summed E-state index contributed by atoms with van der Waals surface area (Å²) < 4.78 is 1.66. The Kier molecular flexibility index (Phi) is 4.74. The predicted molar refractivity (Wildman–Crippen MR) is 114 cm³/mol. The van der Waals surface area contributed by atoms with E-state index >= 15 is 0 Å². The number of aromatic nitrogens is 4. The molecule has 0 radical (unpaired) electrons. The lowest BCUT2D eigenvalue weighted by atomic mass is 9.96. The molecule has 0 saturated heterocycles. The Labute approximate surface area is 168 Å². The van der Waals surface area contributed by atoms with Gasteiger partial charge in [-0.25, -0.2) is 4.79 Å². The van der Waals surface area contributed by atoms with E-state index in [4.69, 9.17) is 0 Å². The number of aromatic amines is 2. The van der Waals surface area contributed by atoms with Crippen molar-refractivity contribution in [2.45, 2.75) is 33.7 Å². The largest absolute Gasteiger partial charge is 0.361 e. The van der Waals surface area contributed by atoms with Crippen LogP contribution < -0.4 is 11.0 Å². The number of benzene rings is 1. The van der Waals surface area contributed by atoms with Crippen molar-refractivity contribution in [3.05, 3.63) is 64.5 Å². The molecule has 3 aromatic heterocycles. The summed E-state index contributed by atoms with van der Waals surface area (Å²) in [5.74, 6) is -0.185. The first kappa shape index (κ1) is 19.0. The van der Waals surface area contributed by atoms with Gasteiger partial charge < -0.3 is 15.3 Å². The van der Waals surface area contributed by atoms with Crippen molar-refractivity contribution >= 4 is 27.8 Å². The fraction of sp³-hybridized carbons (Fsp3) is 0.318. The number of pyridine rings is 1. The van der Waals surface area contributed by atoms with Crippen LogP contribution in [0.4, 0.5) is 0 Å². The third kappa shape index (κ3) is 3.81. The summed E-state index contributed by atoms with van der Waals surface area (Å²) in [6.07, 6.45) is 6.22. The highest BCUT2D eigenvalue weighted by Gasteiger charge is 2.20. The van der Waals surface area contributed by atoms with E-state index in [-0.39, 0.29) is 17.0 Å². The molecule has 1 aromatic carbocycles. The monoisotopic (exact) mass is 391 g/mol. The molecule has 4 aromatic rings. The maximum atomic E-state index is 12.9. The van der Waals surface area contributed by atoms with Crippen molar-refractivity contribution in [1.82, 2.24) is 24.8 Å². The second-order valence-electron chi connectivity index (χ2n) is 8.52. The second-order valence-corrected chi connectivity index (χ2v) is 8.52. The number of carbonyl (C=O) groups is 1. The first-order valence-electron chi connectivity index (χ1n) is 9.73. The van der Waals surface area contributed by atoms with Gasteiger partial charge in [0.25, 0.3) is 5.91 Å². The van der Waals surface area contributed by atoms with E-state index < -0.39 is 0 Å². The Hall–Kier alpha value is -3.35. The molecule has 0 aliphatic rings. The Bertz CT molecular complexity index is 1240. The third-order valence-electron chi connectivity index (χ3n) is 4.92. The summed E-state index contributed by atoms with van der Waals surface area (Å²) >= 11 is 0. The molecule has 0 unspecified atom stereocenters. The van der Waals surface area contributed by atoms with Crippen molar-refractivity contribution in [3.63, 3.8) is 0 Å². The smallest absolute Gasteiger partial charge is 0.326 e. The molecule has 0 spiro atoms. The highest BCUT2D eigenvalue weighted by Crippen LogP contribution is 2.22.